The highest BCUT2D eigenvalue weighted by Gasteiger charge is 2.26. The van der Waals surface area contributed by atoms with Gasteiger partial charge in [-0.05, 0) is 60.6 Å². The van der Waals surface area contributed by atoms with Crippen molar-refractivity contribution in [3.63, 3.8) is 0 Å². The largest absolute Gasteiger partial charge is 0.481 e. The molecule has 0 radical (unpaired) electrons. The van der Waals surface area contributed by atoms with E-state index in [-0.39, 0.29) is 183 Å². The number of pyridine rings is 2. The molecule has 31 heteroatoms. The maximum absolute atomic E-state index is 12.8. The molecule has 4 aromatic heterocycles. The van der Waals surface area contributed by atoms with Gasteiger partial charge in [-0.1, -0.05) is 51.3 Å². The molecule has 4 heterocycles. The van der Waals surface area contributed by atoms with Gasteiger partial charge >= 0.3 is 5.97 Å². The van der Waals surface area contributed by atoms with Crippen LogP contribution in [0.4, 0.5) is 11.6 Å². The van der Waals surface area contributed by atoms with Crippen LogP contribution >= 0.6 is 0 Å². The van der Waals surface area contributed by atoms with Gasteiger partial charge in [-0.15, -0.1) is 0 Å². The van der Waals surface area contributed by atoms with E-state index in [1.165, 1.54) is 6.92 Å². The number of carboxylic acids is 1. The predicted octanol–water partition coefficient (Wildman–Crippen LogP) is 2.95. The number of benzene rings is 2. The number of fused-ring (bicyclic) bond motifs is 6. The number of aromatic nitrogens is 6. The fraction of sp³-hybridized carbons (Fsp3) is 0.556. The number of carboxylic acid groups (broad SMARTS) is 1. The lowest BCUT2D eigenvalue weighted by molar-refractivity contribution is -0.137. The monoisotopic (exact) mass is 1320 g/mol. The molecule has 0 bridgehead atoms. The van der Waals surface area contributed by atoms with Gasteiger partial charge in [0, 0.05) is 43.5 Å². The number of rotatable bonds is 42. The molecule has 0 aliphatic carbocycles. The lowest BCUT2D eigenvalue weighted by atomic mass is 10.1. The standard InChI is InChI=1S/C31H44N6O9.C30H42N6O10.2CH4/c1-5-43-17-24-35-28-29(37(24)20-31(3,4)42)22-8-6-7-9-23(22)34-30(28)36-25(39)16-33-27(41)19-46-15-13-44-12-14-45-18-26(40)32-11-10-21(2)38;1-4-43-16-22-34-27-28(36(22)19-30(2,3)42)20-7-5-6-8-21(20)33-29(27)35-23(37)15-32-25(39)18-46-14-12-44-11-13-45-17-24(38)31-10-9-26(40)41;;/h6-9,42H,5,10-20H2,1-4H3,(H,32,40)(H,33,41)(H,34,36,39);5-8,42H,4,9-19H2,1-3H3,(H,31,38)(H,32,39)(H,40,41)(H,33,35,37);2*1H4. The fourth-order valence-electron chi connectivity index (χ4n) is 8.60. The molecule has 0 aliphatic heterocycles. The number of aliphatic hydroxyl groups is 2. The third-order valence-electron chi connectivity index (χ3n) is 12.6. The lowest BCUT2D eigenvalue weighted by Gasteiger charge is -2.20. The summed E-state index contributed by atoms with van der Waals surface area (Å²) in [5, 5.41) is 46.9. The van der Waals surface area contributed by atoms with E-state index in [4.69, 9.17) is 53.0 Å². The number of carbonyl (C=O) groups is 8. The van der Waals surface area contributed by atoms with Crippen LogP contribution in [0.25, 0.3) is 43.9 Å². The number of para-hydroxylation sites is 2. The topological polar surface area (TPSA) is 405 Å². The smallest absolute Gasteiger partial charge is 0.305 e. The fourth-order valence-corrected chi connectivity index (χ4v) is 8.60. The first-order valence-electron chi connectivity index (χ1n) is 30.0. The molecule has 94 heavy (non-hydrogen) atoms. The average molecular weight is 1320 g/mol. The molecule has 0 atom stereocenters. The van der Waals surface area contributed by atoms with Crippen molar-refractivity contribution in [1.82, 2.24) is 50.3 Å². The Labute approximate surface area is 546 Å². The van der Waals surface area contributed by atoms with Crippen LogP contribution in [0.1, 0.15) is 87.8 Å². The van der Waals surface area contributed by atoms with Crippen LogP contribution in [0.3, 0.4) is 0 Å². The minimum Gasteiger partial charge on any atom is -0.481 e. The molecule has 6 rings (SSSR count). The number of Topliss-reactive ketones (excluding diaryl/α,β-unsaturated/α-hetero) is 1. The number of nitrogens with one attached hydrogen (secondary N) is 6. The molecule has 6 aromatic rings. The number of hydrogen-bond acceptors (Lipinski definition) is 22. The number of carbonyl (C=O) groups excluding carboxylic acids is 7. The van der Waals surface area contributed by atoms with Crippen molar-refractivity contribution < 1.29 is 91.6 Å². The zero-order valence-electron chi connectivity index (χ0n) is 53.1. The van der Waals surface area contributed by atoms with Gasteiger partial charge in [0.2, 0.25) is 35.4 Å². The van der Waals surface area contributed by atoms with Gasteiger partial charge in [0.1, 0.15) is 68.1 Å². The average Bonchev–Trinajstić information content (AvgIpc) is 1.58. The van der Waals surface area contributed by atoms with E-state index in [2.05, 4.69) is 41.9 Å². The van der Waals surface area contributed by atoms with Crippen LogP contribution in [-0.4, -0.2) is 221 Å². The molecule has 0 spiro atoms. The van der Waals surface area contributed by atoms with Gasteiger partial charge in [-0.3, -0.25) is 38.4 Å². The van der Waals surface area contributed by atoms with E-state index in [0.717, 1.165) is 10.8 Å². The third kappa shape index (κ3) is 28.5. The van der Waals surface area contributed by atoms with Crippen LogP contribution in [0.15, 0.2) is 48.5 Å². The molecule has 9 N–H and O–H groups in total. The van der Waals surface area contributed by atoms with Crippen molar-refractivity contribution in [1.29, 1.82) is 0 Å². The Balaban J connectivity index is 0.000000480. The molecule has 6 amide bonds. The van der Waals surface area contributed by atoms with Crippen LogP contribution < -0.4 is 31.9 Å². The Bertz CT molecular complexity index is 3190. The number of imidazole rings is 2. The second-order valence-corrected chi connectivity index (χ2v) is 21.9. The minimum atomic E-state index is -1.05. The highest BCUT2D eigenvalue weighted by molar-refractivity contribution is 6.11. The first kappa shape index (κ1) is 80.0. The van der Waals surface area contributed by atoms with Crippen LogP contribution in [0, 0.1) is 0 Å². The summed E-state index contributed by atoms with van der Waals surface area (Å²) in [5.41, 5.74) is 1.43. The number of amides is 6. The van der Waals surface area contributed by atoms with Gasteiger partial charge in [0.15, 0.2) is 11.6 Å². The number of aliphatic carboxylic acids is 1. The number of ether oxygens (including phenoxy) is 8. The summed E-state index contributed by atoms with van der Waals surface area (Å²) < 4.78 is 46.5. The van der Waals surface area contributed by atoms with E-state index in [9.17, 15) is 48.6 Å². The second-order valence-electron chi connectivity index (χ2n) is 21.9. The van der Waals surface area contributed by atoms with Crippen molar-refractivity contribution in [2.24, 2.45) is 0 Å². The Morgan fingerprint density at radius 1 is 0.468 bits per heavy atom. The van der Waals surface area contributed by atoms with Crippen molar-refractivity contribution in [3.8, 4) is 0 Å². The Morgan fingerprint density at radius 2 is 0.809 bits per heavy atom. The maximum Gasteiger partial charge on any atom is 0.305 e. The number of hydrogen-bond donors (Lipinski definition) is 9. The molecule has 2 aromatic carbocycles. The predicted molar refractivity (Wildman–Crippen MR) is 349 cm³/mol. The second kappa shape index (κ2) is 41.5. The van der Waals surface area contributed by atoms with Crippen LogP contribution in [0.2, 0.25) is 0 Å². The molecular weight excluding hydrogens is 1230 g/mol. The lowest BCUT2D eigenvalue weighted by Crippen LogP contribution is -2.35. The number of nitrogens with zero attached hydrogens (tertiary/aromatic N) is 6. The van der Waals surface area contributed by atoms with Gasteiger partial charge in [0.25, 0.3) is 0 Å². The van der Waals surface area contributed by atoms with Gasteiger partial charge < -0.3 is 94.2 Å². The van der Waals surface area contributed by atoms with Gasteiger partial charge in [-0.25, -0.2) is 19.9 Å². The van der Waals surface area contributed by atoms with Crippen molar-refractivity contribution >= 4 is 103 Å². The van der Waals surface area contributed by atoms with Crippen molar-refractivity contribution in [2.45, 2.75) is 114 Å². The molecular formula is C63H94N12O19. The Kier molecular flexibility index (Phi) is 35.3. The SMILES string of the molecule is C.C.CCOCc1nc2c(NC(=O)CNC(=O)COCCOCCOCC(=O)NCCC(=O)O)nc3ccccc3c2n1CC(C)(C)O.CCOCc1nc2c(NC(=O)CNC(=O)COCCOCCOCC(=O)NCCC(C)=O)nc3ccccc3c2n1CC(C)(C)O. The molecule has 0 aliphatic rings. The van der Waals surface area contributed by atoms with E-state index >= 15 is 0 Å². The normalized spacial score (nSPS) is 11.3. The minimum absolute atomic E-state index is 0. The zero-order valence-corrected chi connectivity index (χ0v) is 53.1. The van der Waals surface area contributed by atoms with Gasteiger partial charge in [-0.2, -0.15) is 0 Å². The van der Waals surface area contributed by atoms with Crippen molar-refractivity contribution in [2.75, 3.05) is 129 Å². The highest BCUT2D eigenvalue weighted by atomic mass is 16.6. The molecule has 31 nitrogen and oxygen atoms in total. The van der Waals surface area contributed by atoms with E-state index in [1.807, 2.05) is 71.5 Å². The molecule has 0 saturated carbocycles. The number of ketones is 1. The third-order valence-corrected chi connectivity index (χ3v) is 12.6. The Hall–Kier alpha value is -8.24. The first-order valence-corrected chi connectivity index (χ1v) is 30.0. The first-order chi connectivity index (χ1) is 44.0. The summed E-state index contributed by atoms with van der Waals surface area (Å²) in [6.07, 6.45) is 0.113. The summed E-state index contributed by atoms with van der Waals surface area (Å²) in [4.78, 5) is 113. The zero-order chi connectivity index (χ0) is 67.1. The summed E-state index contributed by atoms with van der Waals surface area (Å²) in [6, 6.07) is 14.9. The quantitative estimate of drug-likeness (QED) is 0.0249. The van der Waals surface area contributed by atoms with E-state index in [1.54, 1.807) is 27.7 Å². The summed E-state index contributed by atoms with van der Waals surface area (Å²) >= 11 is 0. The van der Waals surface area contributed by atoms with Crippen LogP contribution in [0.5, 0.6) is 0 Å². The molecule has 0 saturated heterocycles. The van der Waals surface area contributed by atoms with Gasteiger partial charge in [0.05, 0.1) is 119 Å². The number of anilines is 2. The van der Waals surface area contributed by atoms with Crippen LogP contribution in [-0.2, 0) is 103 Å². The highest BCUT2D eigenvalue weighted by Crippen LogP contribution is 2.33. The molecule has 0 fully saturated rings. The summed E-state index contributed by atoms with van der Waals surface area (Å²) in [7, 11) is 0. The summed E-state index contributed by atoms with van der Waals surface area (Å²) in [5.74, 6) is -2.14. The van der Waals surface area contributed by atoms with Crippen molar-refractivity contribution in [3.05, 3.63) is 60.2 Å². The van der Waals surface area contributed by atoms with E-state index < -0.39 is 46.7 Å². The summed E-state index contributed by atoms with van der Waals surface area (Å²) in [6.45, 7) is 14.0. The maximum atomic E-state index is 12.8. The van der Waals surface area contributed by atoms with E-state index in [0.29, 0.717) is 58.0 Å². The molecule has 520 valence electrons. The Morgan fingerprint density at radius 3 is 1.15 bits per heavy atom. The molecule has 0 unspecified atom stereocenters.